The van der Waals surface area contributed by atoms with Crippen LogP contribution in [0.15, 0.2) is 91.0 Å². The van der Waals surface area contributed by atoms with E-state index in [0.717, 1.165) is 13.0 Å². The Bertz CT molecular complexity index is 675. The number of rotatable bonds is 10. The van der Waals surface area contributed by atoms with Crippen molar-refractivity contribution in [1.29, 1.82) is 0 Å². The van der Waals surface area contributed by atoms with Gasteiger partial charge in [-0.25, -0.2) is 0 Å². The van der Waals surface area contributed by atoms with Gasteiger partial charge in [0, 0.05) is 0 Å². The Labute approximate surface area is 165 Å². The summed E-state index contributed by atoms with van der Waals surface area (Å²) in [6, 6.07) is 33.5. The second-order valence-corrected chi connectivity index (χ2v) is 10.7. The minimum atomic E-state index is -1.63. The van der Waals surface area contributed by atoms with Crippen LogP contribution in [0, 0.1) is 0 Å². The average molecular weight is 377 g/mol. The molecule has 3 rings (SSSR count). The molecular formula is C25H31NP+. The van der Waals surface area contributed by atoms with E-state index < -0.39 is 7.26 Å². The molecule has 2 heteroatoms. The van der Waals surface area contributed by atoms with Crippen molar-refractivity contribution in [3.63, 3.8) is 0 Å². The predicted molar refractivity (Wildman–Crippen MR) is 122 cm³/mol. The fraction of sp³-hybridized carbons (Fsp3) is 0.280. The Hall–Kier alpha value is -1.95. The molecule has 0 amide bonds. The molecule has 140 valence electrons. The van der Waals surface area contributed by atoms with E-state index in [-0.39, 0.29) is 0 Å². The van der Waals surface area contributed by atoms with E-state index in [0.29, 0.717) is 0 Å². The minimum Gasteiger partial charge on any atom is -0.330 e. The van der Waals surface area contributed by atoms with Crippen LogP contribution in [0.5, 0.6) is 0 Å². The monoisotopic (exact) mass is 376 g/mol. The minimum absolute atomic E-state index is 0.814. The van der Waals surface area contributed by atoms with Gasteiger partial charge in [-0.15, -0.1) is 0 Å². The number of benzene rings is 3. The van der Waals surface area contributed by atoms with Gasteiger partial charge in [0.15, 0.2) is 0 Å². The number of hydrogen-bond acceptors (Lipinski definition) is 1. The van der Waals surface area contributed by atoms with E-state index in [2.05, 4.69) is 91.0 Å². The highest BCUT2D eigenvalue weighted by Crippen LogP contribution is 2.55. The molecule has 1 nitrogen and oxygen atoms in total. The third kappa shape index (κ3) is 4.86. The first-order valence-corrected chi connectivity index (χ1v) is 12.1. The average Bonchev–Trinajstić information content (AvgIpc) is 2.75. The fourth-order valence-corrected chi connectivity index (χ4v) is 8.32. The Kier molecular flexibility index (Phi) is 7.63. The Morgan fingerprint density at radius 1 is 0.481 bits per heavy atom. The molecule has 0 aromatic heterocycles. The van der Waals surface area contributed by atoms with E-state index in [1.165, 1.54) is 47.8 Å². The first kappa shape index (κ1) is 19.8. The molecule has 2 N–H and O–H groups in total. The van der Waals surface area contributed by atoms with Gasteiger partial charge in [0.2, 0.25) is 0 Å². The summed E-state index contributed by atoms with van der Waals surface area (Å²) >= 11 is 0. The number of unbranched alkanes of at least 4 members (excludes halogenated alkanes) is 4. The second-order valence-electron chi connectivity index (χ2n) is 7.10. The van der Waals surface area contributed by atoms with Crippen molar-refractivity contribution < 1.29 is 0 Å². The van der Waals surface area contributed by atoms with E-state index in [1.54, 1.807) is 0 Å². The van der Waals surface area contributed by atoms with Crippen LogP contribution in [0.25, 0.3) is 0 Å². The zero-order valence-electron chi connectivity index (χ0n) is 16.1. The van der Waals surface area contributed by atoms with Gasteiger partial charge in [-0.2, -0.15) is 0 Å². The van der Waals surface area contributed by atoms with Crippen LogP contribution in [0.4, 0.5) is 0 Å². The van der Waals surface area contributed by atoms with Gasteiger partial charge in [-0.05, 0) is 62.2 Å². The standard InChI is InChI=1S/C25H31NP/c26-21-13-2-1-3-14-22-27(23-15-7-4-8-16-23,24-17-9-5-10-18-24)25-19-11-6-12-20-25/h4-12,15-20H,1-3,13-14,21-22,26H2/q+1. The van der Waals surface area contributed by atoms with Crippen molar-refractivity contribution >= 4 is 23.2 Å². The molecule has 0 aliphatic carbocycles. The maximum Gasteiger partial charge on any atom is 0.112 e. The van der Waals surface area contributed by atoms with Crippen LogP contribution in [0.2, 0.25) is 0 Å². The van der Waals surface area contributed by atoms with Crippen LogP contribution in [0.3, 0.4) is 0 Å². The van der Waals surface area contributed by atoms with Crippen molar-refractivity contribution in [2.45, 2.75) is 32.1 Å². The van der Waals surface area contributed by atoms with Crippen LogP contribution in [-0.2, 0) is 0 Å². The maximum atomic E-state index is 5.65. The van der Waals surface area contributed by atoms with Crippen molar-refractivity contribution in [3.8, 4) is 0 Å². The van der Waals surface area contributed by atoms with Gasteiger partial charge in [-0.1, -0.05) is 67.4 Å². The molecule has 3 aromatic carbocycles. The molecule has 0 spiro atoms. The summed E-state index contributed by atoms with van der Waals surface area (Å²) < 4.78 is 0. The van der Waals surface area contributed by atoms with Gasteiger partial charge in [-0.3, -0.25) is 0 Å². The first-order valence-electron chi connectivity index (χ1n) is 10.1. The van der Waals surface area contributed by atoms with E-state index in [9.17, 15) is 0 Å². The largest absolute Gasteiger partial charge is 0.330 e. The summed E-state index contributed by atoms with van der Waals surface area (Å²) in [5.74, 6) is 0. The van der Waals surface area contributed by atoms with Crippen molar-refractivity contribution in [1.82, 2.24) is 0 Å². The number of nitrogens with two attached hydrogens (primary N) is 1. The summed E-state index contributed by atoms with van der Waals surface area (Å²) in [5.41, 5.74) is 5.65. The molecule has 0 aliphatic heterocycles. The molecule has 0 fully saturated rings. The van der Waals surface area contributed by atoms with Gasteiger partial charge in [0.25, 0.3) is 0 Å². The lowest BCUT2D eigenvalue weighted by atomic mass is 10.2. The normalized spacial score (nSPS) is 11.4. The highest BCUT2D eigenvalue weighted by molar-refractivity contribution is 7.95. The lowest BCUT2D eigenvalue weighted by Crippen LogP contribution is -2.33. The highest BCUT2D eigenvalue weighted by Gasteiger charge is 2.44. The number of hydrogen-bond donors (Lipinski definition) is 1. The molecule has 27 heavy (non-hydrogen) atoms. The van der Waals surface area contributed by atoms with Crippen molar-refractivity contribution in [2.24, 2.45) is 5.73 Å². The van der Waals surface area contributed by atoms with Crippen LogP contribution < -0.4 is 21.6 Å². The molecule has 0 radical (unpaired) electrons. The summed E-state index contributed by atoms with van der Waals surface area (Å²) in [5, 5.41) is 4.47. The summed E-state index contributed by atoms with van der Waals surface area (Å²) in [6.45, 7) is 0.814. The van der Waals surface area contributed by atoms with Gasteiger partial charge in [0.1, 0.15) is 23.2 Å². The molecule has 0 aliphatic rings. The lowest BCUT2D eigenvalue weighted by molar-refractivity contribution is 0.640. The molecule has 0 heterocycles. The quantitative estimate of drug-likeness (QED) is 0.396. The maximum absolute atomic E-state index is 5.65. The smallest absolute Gasteiger partial charge is 0.112 e. The molecule has 0 unspecified atom stereocenters. The molecule has 0 bridgehead atoms. The van der Waals surface area contributed by atoms with Crippen molar-refractivity contribution in [2.75, 3.05) is 12.7 Å². The molecule has 0 saturated heterocycles. The molecular weight excluding hydrogens is 345 g/mol. The van der Waals surface area contributed by atoms with Gasteiger partial charge < -0.3 is 5.73 Å². The Morgan fingerprint density at radius 2 is 0.852 bits per heavy atom. The third-order valence-corrected chi connectivity index (χ3v) is 9.81. The molecule has 0 saturated carbocycles. The molecule has 0 atom stereocenters. The highest BCUT2D eigenvalue weighted by atomic mass is 31.2. The topological polar surface area (TPSA) is 26.0 Å². The zero-order valence-corrected chi connectivity index (χ0v) is 17.0. The third-order valence-electron chi connectivity index (χ3n) is 5.29. The van der Waals surface area contributed by atoms with E-state index in [1.807, 2.05) is 0 Å². The predicted octanol–water partition coefficient (Wildman–Crippen LogP) is 4.89. The van der Waals surface area contributed by atoms with Crippen molar-refractivity contribution in [3.05, 3.63) is 91.0 Å². The summed E-state index contributed by atoms with van der Waals surface area (Å²) in [4.78, 5) is 0. The fourth-order valence-electron chi connectivity index (χ4n) is 3.91. The Balaban J connectivity index is 1.98. The van der Waals surface area contributed by atoms with Crippen LogP contribution in [-0.4, -0.2) is 12.7 Å². The van der Waals surface area contributed by atoms with E-state index >= 15 is 0 Å². The lowest BCUT2D eigenvalue weighted by Gasteiger charge is -2.27. The molecule has 3 aromatic rings. The zero-order chi connectivity index (χ0) is 18.8. The summed E-state index contributed by atoms with van der Waals surface area (Å²) in [7, 11) is -1.63. The van der Waals surface area contributed by atoms with E-state index in [4.69, 9.17) is 5.73 Å². The Morgan fingerprint density at radius 3 is 1.26 bits per heavy atom. The van der Waals surface area contributed by atoms with Gasteiger partial charge in [0.05, 0.1) is 6.16 Å². The summed E-state index contributed by atoms with van der Waals surface area (Å²) in [6.07, 6.45) is 7.47. The first-order chi connectivity index (χ1) is 13.4. The van der Waals surface area contributed by atoms with Gasteiger partial charge >= 0.3 is 0 Å². The van der Waals surface area contributed by atoms with Crippen LogP contribution in [0.1, 0.15) is 32.1 Å². The SMILES string of the molecule is NCCCCCCC[P+](c1ccccc1)(c1ccccc1)c1ccccc1. The second kappa shape index (κ2) is 10.4. The van der Waals surface area contributed by atoms with Crippen LogP contribution >= 0.6 is 7.26 Å².